The van der Waals surface area contributed by atoms with Gasteiger partial charge < -0.3 is 4.74 Å². The molecule has 0 bridgehead atoms. The SMILES string of the molecule is O=S(=O)(c1cccc(-c2nnc(SCc3nc4ccccc4c(-c4ccccc4)c3Cl)n2-c2ccc(F)cc2)c1)N1CCOCC1. The van der Waals surface area contributed by atoms with E-state index in [0.717, 1.165) is 22.0 Å². The van der Waals surface area contributed by atoms with Crippen LogP contribution in [0.2, 0.25) is 5.02 Å². The van der Waals surface area contributed by atoms with E-state index in [1.807, 2.05) is 54.6 Å². The number of benzene rings is 4. The van der Waals surface area contributed by atoms with Crippen LogP contribution in [0.4, 0.5) is 4.39 Å². The van der Waals surface area contributed by atoms with Gasteiger partial charge in [-0.2, -0.15) is 4.31 Å². The zero-order valence-electron chi connectivity index (χ0n) is 24.4. The van der Waals surface area contributed by atoms with Crippen LogP contribution in [-0.2, 0) is 20.5 Å². The molecule has 0 saturated carbocycles. The van der Waals surface area contributed by atoms with Gasteiger partial charge in [0, 0.05) is 41.0 Å². The van der Waals surface area contributed by atoms with Crippen molar-refractivity contribution in [2.75, 3.05) is 26.3 Å². The summed E-state index contributed by atoms with van der Waals surface area (Å²) in [6, 6.07) is 30.5. The molecule has 0 N–H and O–H groups in total. The monoisotopic (exact) mass is 671 g/mol. The van der Waals surface area contributed by atoms with Gasteiger partial charge in [0.15, 0.2) is 11.0 Å². The number of nitrogens with zero attached hydrogens (tertiary/aromatic N) is 5. The molecule has 0 spiro atoms. The lowest BCUT2D eigenvalue weighted by atomic mass is 10.0. The highest BCUT2D eigenvalue weighted by Crippen LogP contribution is 2.39. The number of para-hydroxylation sites is 1. The van der Waals surface area contributed by atoms with E-state index in [-0.39, 0.29) is 23.8 Å². The van der Waals surface area contributed by atoms with E-state index < -0.39 is 10.0 Å². The van der Waals surface area contributed by atoms with Crippen molar-refractivity contribution in [3.05, 3.63) is 120 Å². The Balaban J connectivity index is 1.28. The Morgan fingerprint density at radius 1 is 0.848 bits per heavy atom. The van der Waals surface area contributed by atoms with Gasteiger partial charge in [-0.05, 0) is 48.0 Å². The minimum absolute atomic E-state index is 0.148. The Kier molecular flexibility index (Phi) is 8.58. The number of pyridine rings is 1. The lowest BCUT2D eigenvalue weighted by molar-refractivity contribution is 0.0730. The first-order valence-corrected chi connectivity index (χ1v) is 17.4. The number of sulfonamides is 1. The topological polar surface area (TPSA) is 90.2 Å². The van der Waals surface area contributed by atoms with Crippen LogP contribution in [0.5, 0.6) is 0 Å². The van der Waals surface area contributed by atoms with E-state index in [9.17, 15) is 12.8 Å². The molecule has 7 rings (SSSR count). The highest BCUT2D eigenvalue weighted by molar-refractivity contribution is 7.98. The number of hydrogen-bond donors (Lipinski definition) is 0. The molecule has 6 aromatic rings. The molecule has 0 amide bonds. The number of fused-ring (bicyclic) bond motifs is 1. The standard InChI is InChI=1S/C34H27ClFN5O3S2/c35-32-30(37-29-12-5-4-11-28(29)31(32)23-7-2-1-3-8-23)22-45-34-39-38-33(41(34)26-15-13-25(36)14-16-26)24-9-6-10-27(21-24)46(42,43)40-17-19-44-20-18-40/h1-16,21H,17-20,22H2. The van der Waals surface area contributed by atoms with Gasteiger partial charge in [0.1, 0.15) is 5.82 Å². The van der Waals surface area contributed by atoms with Crippen molar-refractivity contribution in [3.63, 3.8) is 0 Å². The van der Waals surface area contributed by atoms with Crippen molar-refractivity contribution in [1.82, 2.24) is 24.1 Å². The number of hydrogen-bond acceptors (Lipinski definition) is 7. The molecule has 0 atom stereocenters. The smallest absolute Gasteiger partial charge is 0.243 e. The molecule has 1 fully saturated rings. The van der Waals surface area contributed by atoms with Crippen molar-refractivity contribution in [1.29, 1.82) is 0 Å². The molecule has 4 aromatic carbocycles. The molecule has 0 radical (unpaired) electrons. The van der Waals surface area contributed by atoms with Crippen molar-refractivity contribution in [2.45, 2.75) is 15.8 Å². The van der Waals surface area contributed by atoms with Crippen LogP contribution < -0.4 is 0 Å². The maximum atomic E-state index is 14.0. The lowest BCUT2D eigenvalue weighted by Crippen LogP contribution is -2.40. The molecule has 3 heterocycles. The average Bonchev–Trinajstić information content (AvgIpc) is 3.52. The molecule has 8 nitrogen and oxygen atoms in total. The van der Waals surface area contributed by atoms with Crippen LogP contribution in [0.1, 0.15) is 5.69 Å². The quantitative estimate of drug-likeness (QED) is 0.157. The van der Waals surface area contributed by atoms with Gasteiger partial charge >= 0.3 is 0 Å². The van der Waals surface area contributed by atoms with E-state index in [2.05, 4.69) is 10.2 Å². The predicted octanol–water partition coefficient (Wildman–Crippen LogP) is 7.26. The second kappa shape index (κ2) is 12.9. The Bertz CT molecular complexity index is 2140. The maximum Gasteiger partial charge on any atom is 0.243 e. The van der Waals surface area contributed by atoms with Crippen molar-refractivity contribution in [2.24, 2.45) is 0 Å². The zero-order chi connectivity index (χ0) is 31.7. The van der Waals surface area contributed by atoms with E-state index in [0.29, 0.717) is 51.9 Å². The highest BCUT2D eigenvalue weighted by Gasteiger charge is 2.27. The van der Waals surface area contributed by atoms with Gasteiger partial charge in [-0.1, -0.05) is 84.0 Å². The zero-order valence-corrected chi connectivity index (χ0v) is 26.8. The minimum atomic E-state index is -3.75. The molecule has 1 saturated heterocycles. The summed E-state index contributed by atoms with van der Waals surface area (Å²) < 4.78 is 49.4. The third-order valence-corrected chi connectivity index (χ3v) is 11.0. The maximum absolute atomic E-state index is 14.0. The van der Waals surface area contributed by atoms with Crippen LogP contribution >= 0.6 is 23.4 Å². The highest BCUT2D eigenvalue weighted by atomic mass is 35.5. The molecule has 0 aliphatic carbocycles. The Hall–Kier alpha value is -4.13. The third kappa shape index (κ3) is 5.92. The number of halogens is 2. The van der Waals surface area contributed by atoms with Crippen LogP contribution in [0, 0.1) is 5.82 Å². The fourth-order valence-corrected chi connectivity index (χ4v) is 8.21. The van der Waals surface area contributed by atoms with Gasteiger partial charge in [0.2, 0.25) is 10.0 Å². The second-order valence-electron chi connectivity index (χ2n) is 10.6. The Morgan fingerprint density at radius 2 is 1.57 bits per heavy atom. The third-order valence-electron chi connectivity index (χ3n) is 7.72. The predicted molar refractivity (Wildman–Crippen MR) is 178 cm³/mol. The van der Waals surface area contributed by atoms with Crippen LogP contribution in [-0.4, -0.2) is 58.8 Å². The van der Waals surface area contributed by atoms with Crippen molar-refractivity contribution in [3.8, 4) is 28.2 Å². The van der Waals surface area contributed by atoms with Gasteiger partial charge in [-0.3, -0.25) is 9.55 Å². The minimum Gasteiger partial charge on any atom is -0.379 e. The summed E-state index contributed by atoms with van der Waals surface area (Å²) in [5.41, 5.74) is 4.56. The fourth-order valence-electron chi connectivity index (χ4n) is 5.46. The molecule has 2 aromatic heterocycles. The largest absolute Gasteiger partial charge is 0.379 e. The number of thioether (sulfide) groups is 1. The van der Waals surface area contributed by atoms with Crippen LogP contribution in [0.3, 0.4) is 0 Å². The fraction of sp³-hybridized carbons (Fsp3) is 0.147. The molecular weight excluding hydrogens is 645 g/mol. The molecule has 12 heteroatoms. The Labute approximate surface area is 274 Å². The van der Waals surface area contributed by atoms with E-state index >= 15 is 0 Å². The molecule has 232 valence electrons. The van der Waals surface area contributed by atoms with E-state index in [4.69, 9.17) is 21.3 Å². The number of ether oxygens (including phenoxy) is 1. The molecule has 1 aliphatic rings. The summed E-state index contributed by atoms with van der Waals surface area (Å²) >= 11 is 8.44. The van der Waals surface area contributed by atoms with Crippen molar-refractivity contribution < 1.29 is 17.5 Å². The number of morpholine rings is 1. The summed E-state index contributed by atoms with van der Waals surface area (Å²) in [7, 11) is -3.75. The first kappa shape index (κ1) is 30.5. The summed E-state index contributed by atoms with van der Waals surface area (Å²) in [6.07, 6.45) is 0. The molecular formula is C34H27ClFN5O3S2. The lowest BCUT2D eigenvalue weighted by Gasteiger charge is -2.26. The normalized spacial score (nSPS) is 14.1. The van der Waals surface area contributed by atoms with Crippen LogP contribution in [0.15, 0.2) is 113 Å². The van der Waals surface area contributed by atoms with Gasteiger partial charge in [-0.25, -0.2) is 12.8 Å². The number of rotatable bonds is 8. The first-order chi connectivity index (χ1) is 22.4. The summed E-state index contributed by atoms with van der Waals surface area (Å²) in [5, 5.41) is 11.0. The van der Waals surface area contributed by atoms with Gasteiger partial charge in [0.25, 0.3) is 0 Å². The first-order valence-electron chi connectivity index (χ1n) is 14.6. The summed E-state index contributed by atoms with van der Waals surface area (Å²) in [4.78, 5) is 5.05. The average molecular weight is 672 g/mol. The Morgan fingerprint density at radius 3 is 2.35 bits per heavy atom. The molecule has 0 unspecified atom stereocenters. The van der Waals surface area contributed by atoms with Gasteiger partial charge in [-0.15, -0.1) is 10.2 Å². The van der Waals surface area contributed by atoms with Crippen LogP contribution in [0.25, 0.3) is 39.1 Å². The molecule has 1 aliphatic heterocycles. The summed E-state index contributed by atoms with van der Waals surface area (Å²) in [5.74, 6) is 0.399. The second-order valence-corrected chi connectivity index (χ2v) is 13.8. The van der Waals surface area contributed by atoms with Crippen molar-refractivity contribution >= 4 is 44.3 Å². The van der Waals surface area contributed by atoms with E-state index in [1.165, 1.54) is 28.2 Å². The molecule has 46 heavy (non-hydrogen) atoms. The summed E-state index contributed by atoms with van der Waals surface area (Å²) in [6.45, 7) is 1.27. The van der Waals surface area contributed by atoms with Gasteiger partial charge in [0.05, 0.1) is 34.3 Å². The van der Waals surface area contributed by atoms with E-state index in [1.54, 1.807) is 41.0 Å². The number of aromatic nitrogens is 4.